The Morgan fingerprint density at radius 2 is 1.92 bits per heavy atom. The number of nitrogens with one attached hydrogen (secondary N) is 1. The Morgan fingerprint density at radius 1 is 1.15 bits per heavy atom. The molecule has 0 radical (unpaired) electrons. The van der Waals surface area contributed by atoms with Gasteiger partial charge < -0.3 is 9.88 Å². The van der Waals surface area contributed by atoms with Gasteiger partial charge in [0.05, 0.1) is 23.5 Å². The van der Waals surface area contributed by atoms with E-state index < -0.39 is 0 Å². The molecule has 4 heteroatoms. The van der Waals surface area contributed by atoms with Crippen LogP contribution in [0.2, 0.25) is 0 Å². The third-order valence-corrected chi connectivity index (χ3v) is 5.39. The second kappa shape index (κ2) is 6.60. The number of nitrogens with zero attached hydrogens (tertiary/aromatic N) is 2. The van der Waals surface area contributed by atoms with Gasteiger partial charge in [-0.05, 0) is 62.4 Å². The Morgan fingerprint density at radius 3 is 2.77 bits per heavy atom. The van der Waals surface area contributed by atoms with Crippen molar-refractivity contribution in [1.29, 1.82) is 0 Å². The van der Waals surface area contributed by atoms with Gasteiger partial charge in [-0.2, -0.15) is 0 Å². The number of rotatable bonds is 3. The van der Waals surface area contributed by atoms with Crippen molar-refractivity contribution >= 4 is 16.9 Å². The van der Waals surface area contributed by atoms with Gasteiger partial charge >= 0.3 is 0 Å². The largest absolute Gasteiger partial charge is 0.340 e. The van der Waals surface area contributed by atoms with Crippen LogP contribution in [-0.2, 0) is 11.2 Å². The average Bonchev–Trinajstić information content (AvgIpc) is 3.23. The highest BCUT2D eigenvalue weighted by atomic mass is 16.2. The molecular weight excluding hydrogens is 322 g/mol. The molecule has 3 aromatic rings. The number of likely N-dealkylation sites (tertiary alicyclic amines) is 1. The minimum absolute atomic E-state index is 0.0559. The van der Waals surface area contributed by atoms with Gasteiger partial charge in [-0.3, -0.25) is 4.79 Å². The molecule has 0 spiro atoms. The van der Waals surface area contributed by atoms with Crippen molar-refractivity contribution in [1.82, 2.24) is 14.9 Å². The molecular formula is C22H25N3O. The number of H-pyrrole nitrogens is 1. The molecule has 1 aromatic heterocycles. The van der Waals surface area contributed by atoms with E-state index in [0.29, 0.717) is 6.42 Å². The van der Waals surface area contributed by atoms with Gasteiger partial charge in [0, 0.05) is 6.54 Å². The van der Waals surface area contributed by atoms with Crippen molar-refractivity contribution in [3.05, 3.63) is 64.5 Å². The van der Waals surface area contributed by atoms with Crippen LogP contribution in [0, 0.1) is 20.8 Å². The lowest BCUT2D eigenvalue weighted by Crippen LogP contribution is -2.32. The predicted molar refractivity (Wildman–Crippen MR) is 104 cm³/mol. The van der Waals surface area contributed by atoms with Gasteiger partial charge in [-0.25, -0.2) is 4.98 Å². The van der Waals surface area contributed by atoms with E-state index in [1.165, 1.54) is 16.7 Å². The smallest absolute Gasteiger partial charge is 0.227 e. The van der Waals surface area contributed by atoms with Crippen molar-refractivity contribution in [3.8, 4) is 0 Å². The molecule has 2 aromatic carbocycles. The molecule has 0 bridgehead atoms. The first-order valence-corrected chi connectivity index (χ1v) is 9.33. The Kier molecular flexibility index (Phi) is 4.27. The van der Waals surface area contributed by atoms with Gasteiger partial charge in [0.15, 0.2) is 0 Å². The van der Waals surface area contributed by atoms with Crippen LogP contribution in [0.4, 0.5) is 0 Å². The maximum Gasteiger partial charge on any atom is 0.227 e. The number of aromatic amines is 1. The van der Waals surface area contributed by atoms with E-state index in [0.717, 1.165) is 41.8 Å². The summed E-state index contributed by atoms with van der Waals surface area (Å²) in [6, 6.07) is 12.6. The fraction of sp³-hybridized carbons (Fsp3) is 0.364. The van der Waals surface area contributed by atoms with E-state index in [1.54, 1.807) is 0 Å². The third kappa shape index (κ3) is 3.12. The Bertz CT molecular complexity index is 973. The van der Waals surface area contributed by atoms with Crippen LogP contribution in [0.5, 0.6) is 0 Å². The summed E-state index contributed by atoms with van der Waals surface area (Å²) >= 11 is 0. The maximum absolute atomic E-state index is 13.0. The lowest BCUT2D eigenvalue weighted by Gasteiger charge is -2.23. The first-order valence-electron chi connectivity index (χ1n) is 9.33. The van der Waals surface area contributed by atoms with Crippen LogP contribution in [-0.4, -0.2) is 27.3 Å². The number of hydrogen-bond acceptors (Lipinski definition) is 2. The standard InChI is InChI=1S/C22H25N3O/c1-14-6-8-16(3)17(11-14)13-21(26)25-10-4-5-20(25)22-23-18-9-7-15(2)12-19(18)24-22/h6-9,11-12,20H,4-5,10,13H2,1-3H3,(H,23,24). The number of aromatic nitrogens is 2. The molecule has 1 unspecified atom stereocenters. The molecule has 1 saturated heterocycles. The summed E-state index contributed by atoms with van der Waals surface area (Å²) in [5.74, 6) is 1.11. The van der Waals surface area contributed by atoms with Crippen molar-refractivity contribution < 1.29 is 4.79 Å². The lowest BCUT2D eigenvalue weighted by atomic mass is 10.0. The number of amides is 1. The van der Waals surface area contributed by atoms with Crippen LogP contribution >= 0.6 is 0 Å². The van der Waals surface area contributed by atoms with Crippen LogP contribution in [0.15, 0.2) is 36.4 Å². The summed E-state index contributed by atoms with van der Waals surface area (Å²) in [6.45, 7) is 7.04. The highest BCUT2D eigenvalue weighted by Gasteiger charge is 2.32. The Hall–Kier alpha value is -2.62. The molecule has 1 amide bonds. The second-order valence-electron chi connectivity index (χ2n) is 7.49. The highest BCUT2D eigenvalue weighted by molar-refractivity contribution is 5.80. The topological polar surface area (TPSA) is 49.0 Å². The molecule has 1 aliphatic rings. The zero-order chi connectivity index (χ0) is 18.3. The molecule has 134 valence electrons. The predicted octanol–water partition coefficient (Wildman–Crippen LogP) is 4.39. The fourth-order valence-electron chi connectivity index (χ4n) is 3.91. The summed E-state index contributed by atoms with van der Waals surface area (Å²) < 4.78 is 0. The molecule has 0 saturated carbocycles. The van der Waals surface area contributed by atoms with E-state index in [1.807, 2.05) is 11.0 Å². The number of fused-ring (bicyclic) bond motifs is 1. The summed E-state index contributed by atoms with van der Waals surface area (Å²) in [5, 5.41) is 0. The van der Waals surface area contributed by atoms with E-state index >= 15 is 0 Å². The summed E-state index contributed by atoms with van der Waals surface area (Å²) in [6.07, 6.45) is 2.46. The molecule has 4 nitrogen and oxygen atoms in total. The lowest BCUT2D eigenvalue weighted by molar-refractivity contribution is -0.131. The minimum atomic E-state index is 0.0559. The SMILES string of the molecule is Cc1ccc(C)c(CC(=O)N2CCCC2c2nc3ccc(C)cc3[nH]2)c1. The van der Waals surface area contributed by atoms with Crippen LogP contribution in [0.3, 0.4) is 0 Å². The molecule has 0 aliphatic carbocycles. The molecule has 1 atom stereocenters. The number of carbonyl (C=O) groups is 1. The fourth-order valence-corrected chi connectivity index (χ4v) is 3.91. The van der Waals surface area contributed by atoms with Crippen molar-refractivity contribution in [3.63, 3.8) is 0 Å². The normalized spacial score (nSPS) is 17.2. The highest BCUT2D eigenvalue weighted by Crippen LogP contribution is 2.32. The van der Waals surface area contributed by atoms with Gasteiger partial charge in [-0.15, -0.1) is 0 Å². The third-order valence-electron chi connectivity index (χ3n) is 5.39. The van der Waals surface area contributed by atoms with Crippen molar-refractivity contribution in [2.75, 3.05) is 6.54 Å². The van der Waals surface area contributed by atoms with Gasteiger partial charge in [0.1, 0.15) is 5.82 Å². The number of carbonyl (C=O) groups excluding carboxylic acids is 1. The van der Waals surface area contributed by atoms with E-state index in [2.05, 4.69) is 56.1 Å². The van der Waals surface area contributed by atoms with Gasteiger partial charge in [0.25, 0.3) is 0 Å². The summed E-state index contributed by atoms with van der Waals surface area (Å²) in [7, 11) is 0. The van der Waals surface area contributed by atoms with E-state index in [-0.39, 0.29) is 11.9 Å². The zero-order valence-electron chi connectivity index (χ0n) is 15.7. The molecule has 26 heavy (non-hydrogen) atoms. The second-order valence-corrected chi connectivity index (χ2v) is 7.49. The first-order chi connectivity index (χ1) is 12.5. The molecule has 1 N–H and O–H groups in total. The quantitative estimate of drug-likeness (QED) is 0.764. The molecule has 2 heterocycles. The molecule has 1 fully saturated rings. The summed E-state index contributed by atoms with van der Waals surface area (Å²) in [5.41, 5.74) is 6.74. The maximum atomic E-state index is 13.0. The number of imidazole rings is 1. The van der Waals surface area contributed by atoms with E-state index in [9.17, 15) is 4.79 Å². The van der Waals surface area contributed by atoms with E-state index in [4.69, 9.17) is 4.98 Å². The van der Waals surface area contributed by atoms with Gasteiger partial charge in [-0.1, -0.05) is 29.8 Å². The van der Waals surface area contributed by atoms with Gasteiger partial charge in [0.2, 0.25) is 5.91 Å². The van der Waals surface area contributed by atoms with Crippen LogP contribution < -0.4 is 0 Å². The summed E-state index contributed by atoms with van der Waals surface area (Å²) in [4.78, 5) is 23.2. The van der Waals surface area contributed by atoms with Crippen LogP contribution in [0.25, 0.3) is 11.0 Å². The molecule has 1 aliphatic heterocycles. The van der Waals surface area contributed by atoms with Crippen LogP contribution in [0.1, 0.15) is 47.0 Å². The molecule has 4 rings (SSSR count). The number of benzene rings is 2. The first kappa shape index (κ1) is 16.8. The minimum Gasteiger partial charge on any atom is -0.340 e. The van der Waals surface area contributed by atoms with Crippen molar-refractivity contribution in [2.24, 2.45) is 0 Å². The van der Waals surface area contributed by atoms with Crippen molar-refractivity contribution in [2.45, 2.75) is 46.1 Å². The monoisotopic (exact) mass is 347 g/mol. The Labute approximate surface area is 154 Å². The Balaban J connectivity index is 1.59. The average molecular weight is 347 g/mol. The number of hydrogen-bond donors (Lipinski definition) is 1. The number of aryl methyl sites for hydroxylation is 3. The zero-order valence-corrected chi connectivity index (χ0v) is 15.7.